The Bertz CT molecular complexity index is 867. The van der Waals surface area contributed by atoms with Crippen molar-refractivity contribution in [2.45, 2.75) is 65.6 Å². The number of carbonyl (C=O) groups excluding carboxylic acids is 2. The van der Waals surface area contributed by atoms with Crippen LogP contribution in [0.25, 0.3) is 0 Å². The maximum atomic E-state index is 14.2. The first-order chi connectivity index (χ1) is 14.7. The molecule has 0 saturated heterocycles. The number of ether oxygens (including phenoxy) is 1. The fraction of sp³-hybridized carbons (Fsp3) is 0.440. The van der Waals surface area contributed by atoms with Crippen LogP contribution in [0.15, 0.2) is 48.5 Å². The van der Waals surface area contributed by atoms with E-state index in [-0.39, 0.29) is 31.0 Å². The first kappa shape index (κ1) is 24.4. The highest BCUT2D eigenvalue weighted by atomic mass is 19.1. The van der Waals surface area contributed by atoms with Crippen molar-refractivity contribution in [3.05, 3.63) is 65.5 Å². The van der Waals surface area contributed by atoms with Gasteiger partial charge in [0.15, 0.2) is 6.61 Å². The number of amides is 2. The van der Waals surface area contributed by atoms with Crippen molar-refractivity contribution >= 4 is 11.8 Å². The molecule has 0 heterocycles. The Labute approximate surface area is 184 Å². The van der Waals surface area contributed by atoms with E-state index in [4.69, 9.17) is 4.74 Å². The van der Waals surface area contributed by atoms with Crippen LogP contribution < -0.4 is 10.1 Å². The maximum Gasteiger partial charge on any atom is 0.261 e. The Morgan fingerprint density at radius 2 is 1.68 bits per heavy atom. The molecule has 1 N–H and O–H groups in total. The Kier molecular flexibility index (Phi) is 9.03. The molecule has 0 aliphatic heterocycles. The topological polar surface area (TPSA) is 58.6 Å². The predicted octanol–water partition coefficient (Wildman–Crippen LogP) is 4.66. The largest absolute Gasteiger partial charge is 0.484 e. The van der Waals surface area contributed by atoms with Gasteiger partial charge >= 0.3 is 0 Å². The molecule has 31 heavy (non-hydrogen) atoms. The van der Waals surface area contributed by atoms with Gasteiger partial charge in [0.2, 0.25) is 5.91 Å². The number of carbonyl (C=O) groups is 2. The van der Waals surface area contributed by atoms with Crippen molar-refractivity contribution in [3.8, 4) is 5.75 Å². The van der Waals surface area contributed by atoms with Crippen molar-refractivity contribution in [1.82, 2.24) is 10.2 Å². The van der Waals surface area contributed by atoms with E-state index in [9.17, 15) is 14.0 Å². The molecule has 0 aliphatic carbocycles. The zero-order chi connectivity index (χ0) is 23.0. The normalized spacial score (nSPS) is 12.9. The van der Waals surface area contributed by atoms with E-state index >= 15 is 0 Å². The molecule has 0 bridgehead atoms. The summed E-state index contributed by atoms with van der Waals surface area (Å²) in [5, 5.41) is 2.89. The number of rotatable bonds is 10. The van der Waals surface area contributed by atoms with Crippen LogP contribution in [-0.4, -0.2) is 35.4 Å². The lowest BCUT2D eigenvalue weighted by Gasteiger charge is -2.29. The fourth-order valence-electron chi connectivity index (χ4n) is 3.04. The zero-order valence-electron chi connectivity index (χ0n) is 19.0. The summed E-state index contributed by atoms with van der Waals surface area (Å²) in [4.78, 5) is 27.0. The van der Waals surface area contributed by atoms with Crippen molar-refractivity contribution < 1.29 is 18.7 Å². The minimum Gasteiger partial charge on any atom is -0.484 e. The second kappa shape index (κ2) is 11.5. The highest BCUT2D eigenvalue weighted by molar-refractivity contribution is 5.88. The third kappa shape index (κ3) is 7.09. The summed E-state index contributed by atoms with van der Waals surface area (Å²) >= 11 is 0. The number of benzene rings is 2. The van der Waals surface area contributed by atoms with Gasteiger partial charge in [0.05, 0.1) is 0 Å². The third-order valence-electron chi connectivity index (χ3n) is 5.38. The molecule has 2 aromatic rings. The van der Waals surface area contributed by atoms with Gasteiger partial charge in [0.1, 0.15) is 17.6 Å². The molecule has 5 nitrogen and oxygen atoms in total. The lowest BCUT2D eigenvalue weighted by atomic mass is 10.0. The molecule has 0 aromatic heterocycles. The fourth-order valence-corrected chi connectivity index (χ4v) is 3.04. The molecule has 6 heteroatoms. The van der Waals surface area contributed by atoms with E-state index in [1.807, 2.05) is 38.1 Å². The monoisotopic (exact) mass is 428 g/mol. The average Bonchev–Trinajstić information content (AvgIpc) is 2.76. The van der Waals surface area contributed by atoms with Crippen LogP contribution in [0.2, 0.25) is 0 Å². The van der Waals surface area contributed by atoms with Gasteiger partial charge < -0.3 is 15.0 Å². The summed E-state index contributed by atoms with van der Waals surface area (Å²) in [6.45, 7) is 9.46. The van der Waals surface area contributed by atoms with Crippen LogP contribution in [-0.2, 0) is 16.1 Å². The second-order valence-electron chi connectivity index (χ2n) is 8.12. The SMILES string of the molecule is CC[C@@H](C)NC(=O)[C@H](C)N(Cc1ccccc1F)C(=O)COc1ccc(C(C)C)cc1. The number of nitrogens with zero attached hydrogens (tertiary/aromatic N) is 1. The standard InChI is InChI=1S/C25H33FN2O3/c1-6-18(4)27-25(30)19(5)28(15-21-9-7-8-10-23(21)26)24(29)16-31-22-13-11-20(12-14-22)17(2)3/h7-14,17-19H,6,15-16H2,1-5H3,(H,27,30)/t18-,19+/m1/s1. The molecule has 2 atom stereocenters. The Morgan fingerprint density at radius 1 is 1.03 bits per heavy atom. The minimum absolute atomic E-state index is 0.0175. The quantitative estimate of drug-likeness (QED) is 0.599. The summed E-state index contributed by atoms with van der Waals surface area (Å²) in [7, 11) is 0. The van der Waals surface area contributed by atoms with Crippen LogP contribution in [0.5, 0.6) is 5.75 Å². The highest BCUT2D eigenvalue weighted by Gasteiger charge is 2.27. The van der Waals surface area contributed by atoms with Gasteiger partial charge in [-0.1, -0.05) is 51.1 Å². The average molecular weight is 429 g/mol. The molecule has 0 radical (unpaired) electrons. The van der Waals surface area contributed by atoms with Crippen LogP contribution in [0.1, 0.15) is 58.1 Å². The van der Waals surface area contributed by atoms with Gasteiger partial charge in [-0.15, -0.1) is 0 Å². The van der Waals surface area contributed by atoms with Crippen LogP contribution in [0, 0.1) is 5.82 Å². The van der Waals surface area contributed by atoms with E-state index in [1.165, 1.54) is 16.5 Å². The van der Waals surface area contributed by atoms with E-state index in [0.717, 1.165) is 6.42 Å². The molecule has 2 amide bonds. The first-order valence-electron chi connectivity index (χ1n) is 10.8. The molecule has 2 rings (SSSR count). The Hall–Kier alpha value is -2.89. The van der Waals surface area contributed by atoms with E-state index in [2.05, 4.69) is 19.2 Å². The minimum atomic E-state index is -0.770. The summed E-state index contributed by atoms with van der Waals surface area (Å²) < 4.78 is 19.9. The summed E-state index contributed by atoms with van der Waals surface area (Å²) in [5.74, 6) is -0.111. The third-order valence-corrected chi connectivity index (χ3v) is 5.38. The first-order valence-corrected chi connectivity index (χ1v) is 10.8. The Balaban J connectivity index is 2.14. The molecular formula is C25H33FN2O3. The summed E-state index contributed by atoms with van der Waals surface area (Å²) in [5.41, 5.74) is 1.52. The van der Waals surface area contributed by atoms with Gasteiger partial charge in [-0.2, -0.15) is 0 Å². The number of halogens is 1. The van der Waals surface area contributed by atoms with Crippen molar-refractivity contribution in [1.29, 1.82) is 0 Å². The van der Waals surface area contributed by atoms with Crippen LogP contribution in [0.3, 0.4) is 0 Å². The number of hydrogen-bond donors (Lipinski definition) is 1. The molecule has 2 aromatic carbocycles. The molecule has 0 fully saturated rings. The van der Waals surface area contributed by atoms with Gasteiger partial charge in [-0.25, -0.2) is 4.39 Å². The van der Waals surface area contributed by atoms with Gasteiger partial charge in [0, 0.05) is 18.2 Å². The zero-order valence-corrected chi connectivity index (χ0v) is 19.0. The molecule has 0 saturated carbocycles. The highest BCUT2D eigenvalue weighted by Crippen LogP contribution is 2.19. The van der Waals surface area contributed by atoms with Gasteiger partial charge in [0.25, 0.3) is 5.91 Å². The van der Waals surface area contributed by atoms with Crippen LogP contribution in [0.4, 0.5) is 4.39 Å². The van der Waals surface area contributed by atoms with E-state index in [1.54, 1.807) is 25.1 Å². The molecule has 0 aliphatic rings. The van der Waals surface area contributed by atoms with Crippen LogP contribution >= 0.6 is 0 Å². The predicted molar refractivity (Wildman–Crippen MR) is 120 cm³/mol. The molecule has 168 valence electrons. The molecule has 0 unspecified atom stereocenters. The summed E-state index contributed by atoms with van der Waals surface area (Å²) in [6, 6.07) is 13.0. The van der Waals surface area contributed by atoms with Crippen molar-refractivity contribution in [2.24, 2.45) is 0 Å². The summed E-state index contributed by atoms with van der Waals surface area (Å²) in [6.07, 6.45) is 0.773. The Morgan fingerprint density at radius 3 is 2.26 bits per heavy atom. The van der Waals surface area contributed by atoms with Crippen molar-refractivity contribution in [2.75, 3.05) is 6.61 Å². The number of nitrogens with one attached hydrogen (secondary N) is 1. The lowest BCUT2D eigenvalue weighted by molar-refractivity contribution is -0.142. The second-order valence-corrected chi connectivity index (χ2v) is 8.12. The molecular weight excluding hydrogens is 395 g/mol. The van der Waals surface area contributed by atoms with Gasteiger partial charge in [-0.3, -0.25) is 9.59 Å². The molecule has 0 spiro atoms. The smallest absolute Gasteiger partial charge is 0.261 e. The van der Waals surface area contributed by atoms with E-state index in [0.29, 0.717) is 17.2 Å². The number of hydrogen-bond acceptors (Lipinski definition) is 3. The van der Waals surface area contributed by atoms with Crippen molar-refractivity contribution in [3.63, 3.8) is 0 Å². The van der Waals surface area contributed by atoms with Gasteiger partial charge in [-0.05, 0) is 49.9 Å². The maximum absolute atomic E-state index is 14.2. The van der Waals surface area contributed by atoms with E-state index < -0.39 is 11.9 Å². The lowest BCUT2D eigenvalue weighted by Crippen LogP contribution is -2.50.